The van der Waals surface area contributed by atoms with Gasteiger partial charge in [0.1, 0.15) is 12.4 Å². The summed E-state index contributed by atoms with van der Waals surface area (Å²) in [6.45, 7) is 2.42. The molecule has 2 aromatic carbocycles. The van der Waals surface area contributed by atoms with Crippen LogP contribution in [-0.2, 0) is 24.9 Å². The van der Waals surface area contributed by atoms with Gasteiger partial charge >= 0.3 is 0 Å². The molecule has 0 saturated heterocycles. The van der Waals surface area contributed by atoms with Crippen LogP contribution in [0.1, 0.15) is 18.3 Å². The summed E-state index contributed by atoms with van der Waals surface area (Å²) in [7, 11) is 1.87. The van der Waals surface area contributed by atoms with Gasteiger partial charge in [-0.2, -0.15) is 0 Å². The van der Waals surface area contributed by atoms with E-state index in [0.717, 1.165) is 27.9 Å². The van der Waals surface area contributed by atoms with Crippen molar-refractivity contribution in [3.05, 3.63) is 69.8 Å². The molecule has 33 heavy (non-hydrogen) atoms. The van der Waals surface area contributed by atoms with Crippen molar-refractivity contribution in [2.75, 3.05) is 11.1 Å². The summed E-state index contributed by atoms with van der Waals surface area (Å²) in [5.41, 5.74) is 3.09. The Morgan fingerprint density at radius 3 is 2.64 bits per heavy atom. The highest BCUT2D eigenvalue weighted by atomic mass is 79.9. The number of aryl methyl sites for hydroxylation is 1. The van der Waals surface area contributed by atoms with E-state index in [1.165, 1.54) is 28.7 Å². The number of anilines is 1. The number of ether oxygens (including phenoxy) is 1. The first-order valence-corrected chi connectivity index (χ1v) is 12.9. The number of rotatable bonds is 9. The Bertz CT molecular complexity index is 1220. The van der Waals surface area contributed by atoms with Gasteiger partial charge in [-0.05, 0) is 36.2 Å². The average Bonchev–Trinajstić information content (AvgIpc) is 3.43. The van der Waals surface area contributed by atoms with Crippen LogP contribution in [0.4, 0.5) is 5.13 Å². The number of amides is 1. The average molecular weight is 545 g/mol. The molecule has 0 fully saturated rings. The number of carbonyl (C=O) groups is 1. The standard InChI is InChI=1S/C23H22BrN5O2S2/c1-3-15-4-10-18(11-5-15)31-12-20-27-28-23(29(20)2)33-14-21(30)26-22-25-19(13-32-22)16-6-8-17(24)9-7-16/h4-11,13H,3,12,14H2,1-2H3,(H,25,26,30). The van der Waals surface area contributed by atoms with Crippen molar-refractivity contribution in [1.29, 1.82) is 0 Å². The van der Waals surface area contributed by atoms with Crippen LogP contribution in [0.5, 0.6) is 5.75 Å². The zero-order valence-electron chi connectivity index (χ0n) is 18.1. The number of nitrogens with one attached hydrogen (secondary N) is 1. The first-order valence-electron chi connectivity index (χ1n) is 10.3. The molecule has 0 aliphatic carbocycles. The lowest BCUT2D eigenvalue weighted by Gasteiger charge is -2.07. The molecule has 0 saturated carbocycles. The van der Waals surface area contributed by atoms with E-state index in [4.69, 9.17) is 4.74 Å². The van der Waals surface area contributed by atoms with Crippen LogP contribution in [0.25, 0.3) is 11.3 Å². The Hall–Kier alpha value is -2.69. The Kier molecular flexibility index (Phi) is 7.79. The Balaban J connectivity index is 1.28. The monoisotopic (exact) mass is 543 g/mol. The number of halogens is 1. The van der Waals surface area contributed by atoms with E-state index in [-0.39, 0.29) is 11.7 Å². The summed E-state index contributed by atoms with van der Waals surface area (Å²) in [5, 5.41) is 14.4. The summed E-state index contributed by atoms with van der Waals surface area (Å²) in [5.74, 6) is 1.54. The summed E-state index contributed by atoms with van der Waals surface area (Å²) in [4.78, 5) is 16.9. The number of carbonyl (C=O) groups excluding carboxylic acids is 1. The van der Waals surface area contributed by atoms with Crippen LogP contribution in [0.3, 0.4) is 0 Å². The molecule has 0 radical (unpaired) electrons. The smallest absolute Gasteiger partial charge is 0.236 e. The van der Waals surface area contributed by atoms with Gasteiger partial charge in [0, 0.05) is 22.5 Å². The van der Waals surface area contributed by atoms with Gasteiger partial charge in [0.05, 0.1) is 11.4 Å². The summed E-state index contributed by atoms with van der Waals surface area (Å²) in [6.07, 6.45) is 0.993. The molecule has 0 atom stereocenters. The molecule has 0 spiro atoms. The normalized spacial score (nSPS) is 10.9. The first-order chi connectivity index (χ1) is 16.0. The fourth-order valence-corrected chi connectivity index (χ4v) is 4.67. The van der Waals surface area contributed by atoms with Gasteiger partial charge in [0.15, 0.2) is 16.1 Å². The van der Waals surface area contributed by atoms with E-state index in [2.05, 4.69) is 55.5 Å². The van der Waals surface area contributed by atoms with Crippen LogP contribution in [0.2, 0.25) is 0 Å². The van der Waals surface area contributed by atoms with Crippen LogP contribution >= 0.6 is 39.0 Å². The fraction of sp³-hybridized carbons (Fsp3) is 0.217. The molecule has 2 aromatic heterocycles. The lowest BCUT2D eigenvalue weighted by Crippen LogP contribution is -2.14. The number of hydrogen-bond acceptors (Lipinski definition) is 7. The van der Waals surface area contributed by atoms with E-state index in [1.807, 2.05) is 53.4 Å². The number of hydrogen-bond donors (Lipinski definition) is 1. The number of aromatic nitrogens is 4. The molecule has 1 amide bonds. The minimum absolute atomic E-state index is 0.145. The van der Waals surface area contributed by atoms with Crippen LogP contribution in [0, 0.1) is 0 Å². The molecule has 7 nitrogen and oxygen atoms in total. The Morgan fingerprint density at radius 2 is 1.91 bits per heavy atom. The van der Waals surface area contributed by atoms with Crippen molar-refractivity contribution < 1.29 is 9.53 Å². The van der Waals surface area contributed by atoms with Crippen molar-refractivity contribution in [2.24, 2.45) is 7.05 Å². The summed E-state index contributed by atoms with van der Waals surface area (Å²) in [6, 6.07) is 15.9. The van der Waals surface area contributed by atoms with E-state index in [1.54, 1.807) is 0 Å². The highest BCUT2D eigenvalue weighted by Crippen LogP contribution is 2.26. The maximum absolute atomic E-state index is 12.4. The SMILES string of the molecule is CCc1ccc(OCc2nnc(SCC(=O)Nc3nc(-c4ccc(Br)cc4)cs3)n2C)cc1. The number of benzene rings is 2. The van der Waals surface area contributed by atoms with E-state index in [0.29, 0.717) is 22.7 Å². The Morgan fingerprint density at radius 1 is 1.15 bits per heavy atom. The van der Waals surface area contributed by atoms with Crippen molar-refractivity contribution in [3.63, 3.8) is 0 Å². The van der Waals surface area contributed by atoms with Gasteiger partial charge in [0.2, 0.25) is 5.91 Å². The fourth-order valence-electron chi connectivity index (χ4n) is 2.94. The molecule has 0 unspecified atom stereocenters. The second kappa shape index (κ2) is 11.0. The van der Waals surface area contributed by atoms with Gasteiger partial charge in [-0.3, -0.25) is 4.79 Å². The molecule has 0 aliphatic rings. The van der Waals surface area contributed by atoms with Gasteiger partial charge in [0.25, 0.3) is 0 Å². The maximum Gasteiger partial charge on any atom is 0.236 e. The van der Waals surface area contributed by atoms with Crippen molar-refractivity contribution in [2.45, 2.75) is 25.1 Å². The predicted octanol–water partition coefficient (Wildman–Crippen LogP) is 5.57. The van der Waals surface area contributed by atoms with Gasteiger partial charge in [-0.1, -0.05) is 58.9 Å². The van der Waals surface area contributed by atoms with Crippen LogP contribution in [0.15, 0.2) is 63.5 Å². The minimum atomic E-state index is -0.145. The molecule has 0 aliphatic heterocycles. The van der Waals surface area contributed by atoms with E-state index < -0.39 is 0 Å². The second-order valence-electron chi connectivity index (χ2n) is 7.13. The molecular formula is C23H22BrN5O2S2. The topological polar surface area (TPSA) is 81.9 Å². The van der Waals surface area contributed by atoms with Crippen molar-refractivity contribution in [1.82, 2.24) is 19.7 Å². The third-order valence-electron chi connectivity index (χ3n) is 4.85. The number of nitrogens with zero attached hydrogens (tertiary/aromatic N) is 4. The van der Waals surface area contributed by atoms with Gasteiger partial charge in [-0.25, -0.2) is 4.98 Å². The van der Waals surface area contributed by atoms with Crippen LogP contribution in [-0.4, -0.2) is 31.4 Å². The van der Waals surface area contributed by atoms with Gasteiger partial charge < -0.3 is 14.6 Å². The summed E-state index contributed by atoms with van der Waals surface area (Å²) < 4.78 is 8.67. The third kappa shape index (κ3) is 6.21. The summed E-state index contributed by atoms with van der Waals surface area (Å²) >= 11 is 6.15. The lowest BCUT2D eigenvalue weighted by molar-refractivity contribution is -0.113. The molecule has 170 valence electrons. The maximum atomic E-state index is 12.4. The predicted molar refractivity (Wildman–Crippen MR) is 136 cm³/mol. The quantitative estimate of drug-likeness (QED) is 0.278. The number of thioether (sulfide) groups is 1. The first kappa shape index (κ1) is 23.5. The van der Waals surface area contributed by atoms with E-state index in [9.17, 15) is 4.79 Å². The second-order valence-corrected chi connectivity index (χ2v) is 9.84. The lowest BCUT2D eigenvalue weighted by atomic mass is 10.2. The van der Waals surface area contributed by atoms with Crippen molar-refractivity contribution in [3.8, 4) is 17.0 Å². The van der Waals surface area contributed by atoms with E-state index >= 15 is 0 Å². The zero-order valence-corrected chi connectivity index (χ0v) is 21.3. The molecule has 10 heteroatoms. The molecule has 4 rings (SSSR count). The molecule has 2 heterocycles. The molecule has 4 aromatic rings. The zero-order chi connectivity index (χ0) is 23.2. The largest absolute Gasteiger partial charge is 0.486 e. The Labute approximate surface area is 208 Å². The molecular weight excluding hydrogens is 522 g/mol. The number of thiazole rings is 1. The highest BCUT2D eigenvalue weighted by molar-refractivity contribution is 9.10. The van der Waals surface area contributed by atoms with Crippen molar-refractivity contribution >= 4 is 50.1 Å². The van der Waals surface area contributed by atoms with Gasteiger partial charge in [-0.15, -0.1) is 21.5 Å². The third-order valence-corrected chi connectivity index (χ3v) is 7.15. The molecule has 0 bridgehead atoms. The molecule has 1 N–H and O–H groups in total. The minimum Gasteiger partial charge on any atom is -0.486 e. The van der Waals surface area contributed by atoms with Crippen LogP contribution < -0.4 is 10.1 Å². The highest BCUT2D eigenvalue weighted by Gasteiger charge is 2.13.